The maximum atomic E-state index is 12.1. The summed E-state index contributed by atoms with van der Waals surface area (Å²) in [6, 6.07) is 1.98. The van der Waals surface area contributed by atoms with E-state index in [0.29, 0.717) is 26.2 Å². The van der Waals surface area contributed by atoms with Crippen LogP contribution in [-0.4, -0.2) is 52.7 Å². The summed E-state index contributed by atoms with van der Waals surface area (Å²) >= 11 is 6.09. The maximum absolute atomic E-state index is 12.1. The minimum absolute atomic E-state index is 0.0976. The highest BCUT2D eigenvalue weighted by molar-refractivity contribution is 6.28. The Kier molecular flexibility index (Phi) is 5.28. The van der Waals surface area contributed by atoms with Gasteiger partial charge in [0.15, 0.2) is 0 Å². The van der Waals surface area contributed by atoms with E-state index >= 15 is 0 Å². The average molecular weight is 355 g/mol. The van der Waals surface area contributed by atoms with Crippen LogP contribution in [0.4, 0.5) is 10.6 Å². The van der Waals surface area contributed by atoms with Crippen molar-refractivity contribution in [2.75, 3.05) is 31.1 Å². The highest BCUT2D eigenvalue weighted by Crippen LogP contribution is 2.26. The smallest absolute Gasteiger partial charge is 0.410 e. The number of anilines is 1. The van der Waals surface area contributed by atoms with Crippen LogP contribution in [0.25, 0.3) is 0 Å². The molecule has 1 saturated heterocycles. The predicted octanol–water partition coefficient (Wildman–Crippen LogP) is 3.48. The first kappa shape index (κ1) is 18.8. The molecule has 1 fully saturated rings. The Bertz CT molecular complexity index is 600. The van der Waals surface area contributed by atoms with Gasteiger partial charge in [0.25, 0.3) is 0 Å². The van der Waals surface area contributed by atoms with Gasteiger partial charge in [-0.15, -0.1) is 0 Å². The van der Waals surface area contributed by atoms with Crippen molar-refractivity contribution in [2.45, 2.75) is 52.6 Å². The lowest BCUT2D eigenvalue weighted by atomic mass is 9.92. The van der Waals surface area contributed by atoms with Crippen LogP contribution >= 0.6 is 11.6 Å². The van der Waals surface area contributed by atoms with E-state index in [0.717, 1.165) is 11.5 Å². The van der Waals surface area contributed by atoms with Crippen LogP contribution in [0.5, 0.6) is 0 Å². The lowest BCUT2D eigenvalue weighted by Gasteiger charge is -2.36. The van der Waals surface area contributed by atoms with E-state index in [2.05, 4.69) is 35.6 Å². The Hall–Kier alpha value is -1.56. The number of piperazine rings is 1. The summed E-state index contributed by atoms with van der Waals surface area (Å²) in [5, 5.41) is 0.256. The van der Waals surface area contributed by atoms with Crippen LogP contribution in [-0.2, 0) is 10.2 Å². The zero-order valence-electron chi connectivity index (χ0n) is 15.4. The summed E-state index contributed by atoms with van der Waals surface area (Å²) in [4.78, 5) is 24.7. The molecule has 0 radical (unpaired) electrons. The van der Waals surface area contributed by atoms with Gasteiger partial charge in [0.1, 0.15) is 11.4 Å². The highest BCUT2D eigenvalue weighted by atomic mass is 35.5. The van der Waals surface area contributed by atoms with E-state index < -0.39 is 5.60 Å². The second-order valence-electron chi connectivity index (χ2n) is 8.08. The Balaban J connectivity index is 2.05. The summed E-state index contributed by atoms with van der Waals surface area (Å²) < 4.78 is 5.42. The predicted molar refractivity (Wildman–Crippen MR) is 95.8 cm³/mol. The molecule has 1 amide bonds. The van der Waals surface area contributed by atoms with Gasteiger partial charge in [0, 0.05) is 37.7 Å². The van der Waals surface area contributed by atoms with Crippen LogP contribution in [0.15, 0.2) is 6.07 Å². The molecule has 134 valence electrons. The zero-order chi connectivity index (χ0) is 18.1. The number of halogens is 1. The number of amides is 1. The van der Waals surface area contributed by atoms with E-state index in [9.17, 15) is 4.79 Å². The molecule has 1 aromatic heterocycles. The van der Waals surface area contributed by atoms with Crippen LogP contribution in [0, 0.1) is 0 Å². The number of aromatic nitrogens is 2. The second kappa shape index (κ2) is 6.75. The second-order valence-corrected chi connectivity index (χ2v) is 8.42. The molecule has 2 heterocycles. The Morgan fingerprint density at radius 1 is 1.08 bits per heavy atom. The summed E-state index contributed by atoms with van der Waals surface area (Å²) in [7, 11) is 0. The number of rotatable bonds is 1. The third-order valence-corrected chi connectivity index (χ3v) is 3.88. The normalized spacial score (nSPS) is 16.3. The number of carbonyl (C=O) groups is 1. The molecule has 0 saturated carbocycles. The van der Waals surface area contributed by atoms with Crippen molar-refractivity contribution in [1.29, 1.82) is 0 Å². The standard InChI is InChI=1S/C17H27ClN4O2/c1-16(2,3)12-11-13(20-14(18)19-12)21-7-9-22(10-8-21)15(23)24-17(4,5)6/h11H,7-10H2,1-6H3. The lowest BCUT2D eigenvalue weighted by Crippen LogP contribution is -2.50. The molecule has 0 spiro atoms. The van der Waals surface area contributed by atoms with E-state index in [1.165, 1.54) is 0 Å². The minimum Gasteiger partial charge on any atom is -0.444 e. The van der Waals surface area contributed by atoms with Crippen molar-refractivity contribution in [3.63, 3.8) is 0 Å². The van der Waals surface area contributed by atoms with Crippen molar-refractivity contribution < 1.29 is 9.53 Å². The zero-order valence-corrected chi connectivity index (χ0v) is 16.1. The fraction of sp³-hybridized carbons (Fsp3) is 0.706. The quantitative estimate of drug-likeness (QED) is 0.722. The van der Waals surface area contributed by atoms with Gasteiger partial charge in [0.2, 0.25) is 5.28 Å². The van der Waals surface area contributed by atoms with Gasteiger partial charge in [-0.1, -0.05) is 20.8 Å². The highest BCUT2D eigenvalue weighted by Gasteiger charge is 2.27. The molecule has 0 N–H and O–H groups in total. The van der Waals surface area contributed by atoms with Gasteiger partial charge in [0.05, 0.1) is 5.69 Å². The molecule has 0 aliphatic carbocycles. The van der Waals surface area contributed by atoms with Crippen molar-refractivity contribution in [1.82, 2.24) is 14.9 Å². The molecule has 2 rings (SSSR count). The molecule has 1 aromatic rings. The van der Waals surface area contributed by atoms with Gasteiger partial charge < -0.3 is 14.5 Å². The topological polar surface area (TPSA) is 58.6 Å². The fourth-order valence-corrected chi connectivity index (χ4v) is 2.57. The van der Waals surface area contributed by atoms with Crippen molar-refractivity contribution >= 4 is 23.5 Å². The van der Waals surface area contributed by atoms with E-state index in [-0.39, 0.29) is 16.8 Å². The Morgan fingerprint density at radius 3 is 2.17 bits per heavy atom. The number of hydrogen-bond donors (Lipinski definition) is 0. The van der Waals surface area contributed by atoms with E-state index in [1.807, 2.05) is 26.8 Å². The molecule has 0 aromatic carbocycles. The summed E-state index contributed by atoms with van der Waals surface area (Å²) in [5.41, 5.74) is 0.336. The summed E-state index contributed by atoms with van der Waals surface area (Å²) in [5.74, 6) is 0.809. The van der Waals surface area contributed by atoms with Gasteiger partial charge in [-0.25, -0.2) is 14.8 Å². The molecule has 1 aliphatic rings. The minimum atomic E-state index is -0.476. The molecule has 1 aliphatic heterocycles. The van der Waals surface area contributed by atoms with E-state index in [4.69, 9.17) is 16.3 Å². The van der Waals surface area contributed by atoms with Crippen molar-refractivity contribution in [3.05, 3.63) is 17.0 Å². The first-order valence-corrected chi connectivity index (χ1v) is 8.61. The molecular formula is C17H27ClN4O2. The van der Waals surface area contributed by atoms with Crippen LogP contribution in [0.2, 0.25) is 5.28 Å². The molecule has 0 bridgehead atoms. The van der Waals surface area contributed by atoms with Gasteiger partial charge in [-0.2, -0.15) is 0 Å². The first-order chi connectivity index (χ1) is 11.0. The summed E-state index contributed by atoms with van der Waals surface area (Å²) in [6.45, 7) is 14.5. The molecule has 6 nitrogen and oxygen atoms in total. The fourth-order valence-electron chi connectivity index (χ4n) is 2.40. The summed E-state index contributed by atoms with van der Waals surface area (Å²) in [6.07, 6.45) is -0.266. The monoisotopic (exact) mass is 354 g/mol. The number of hydrogen-bond acceptors (Lipinski definition) is 5. The van der Waals surface area contributed by atoms with Gasteiger partial charge in [-0.05, 0) is 32.4 Å². The average Bonchev–Trinajstić information content (AvgIpc) is 2.44. The van der Waals surface area contributed by atoms with Crippen LogP contribution < -0.4 is 4.90 Å². The largest absolute Gasteiger partial charge is 0.444 e. The van der Waals surface area contributed by atoms with E-state index in [1.54, 1.807) is 4.90 Å². The Labute approximate surface area is 149 Å². The first-order valence-electron chi connectivity index (χ1n) is 8.24. The van der Waals surface area contributed by atoms with Gasteiger partial charge in [-0.3, -0.25) is 0 Å². The van der Waals surface area contributed by atoms with Gasteiger partial charge >= 0.3 is 6.09 Å². The third kappa shape index (κ3) is 4.97. The number of carbonyl (C=O) groups excluding carboxylic acids is 1. The number of nitrogens with zero attached hydrogens (tertiary/aromatic N) is 4. The molecule has 0 atom stereocenters. The SMILES string of the molecule is CC(C)(C)OC(=O)N1CCN(c2cc(C(C)(C)C)nc(Cl)n2)CC1. The third-order valence-electron chi connectivity index (χ3n) is 3.71. The number of ether oxygens (including phenoxy) is 1. The van der Waals surface area contributed by atoms with Crippen LogP contribution in [0.3, 0.4) is 0 Å². The van der Waals surface area contributed by atoms with Crippen LogP contribution in [0.1, 0.15) is 47.2 Å². The lowest BCUT2D eigenvalue weighted by molar-refractivity contribution is 0.0240. The Morgan fingerprint density at radius 2 is 1.67 bits per heavy atom. The molecular weight excluding hydrogens is 328 g/mol. The van der Waals surface area contributed by atoms with Crippen molar-refractivity contribution in [2.24, 2.45) is 0 Å². The molecule has 0 unspecified atom stereocenters. The molecule has 7 heteroatoms. The molecule has 24 heavy (non-hydrogen) atoms. The van der Waals surface area contributed by atoms with Crippen molar-refractivity contribution in [3.8, 4) is 0 Å². The maximum Gasteiger partial charge on any atom is 0.410 e.